The maximum atomic E-state index is 12.3. The minimum Gasteiger partial charge on any atom is -0.425 e. The zero-order valence-electron chi connectivity index (χ0n) is 15.4. The van der Waals surface area contributed by atoms with Crippen LogP contribution in [0.2, 0.25) is 0 Å². The maximum Gasteiger partial charge on any atom is 0.467 e. The monoisotopic (exact) mass is 519 g/mol. The van der Waals surface area contributed by atoms with E-state index in [4.69, 9.17) is 0 Å². The topological polar surface area (TPSA) is 102 Å². The molecule has 184 valence electrons. The van der Waals surface area contributed by atoms with Crippen molar-refractivity contribution in [2.75, 3.05) is 0 Å². The molecule has 0 aromatic carbocycles. The lowest BCUT2D eigenvalue weighted by Crippen LogP contribution is -2.48. The second kappa shape index (κ2) is 9.47. The molecule has 1 aromatic heterocycles. The largest absolute Gasteiger partial charge is 0.467 e. The molecule has 1 heterocycles. The minimum atomic E-state index is -7.62. The summed E-state index contributed by atoms with van der Waals surface area (Å²) in [6.07, 6.45) is -6.28. The molecule has 0 saturated carbocycles. The van der Waals surface area contributed by atoms with E-state index in [2.05, 4.69) is 23.5 Å². The van der Waals surface area contributed by atoms with Crippen molar-refractivity contribution >= 4 is 20.0 Å². The van der Waals surface area contributed by atoms with Gasteiger partial charge in [-0.05, 0) is 6.42 Å². The number of hydrogen-bond acceptors (Lipinski definition) is 4. The normalized spacial score (nSPS) is 14.2. The lowest BCUT2D eigenvalue weighted by atomic mass is 10.2. The van der Waals surface area contributed by atoms with Crippen LogP contribution >= 0.6 is 0 Å². The van der Waals surface area contributed by atoms with Gasteiger partial charge in [-0.15, -0.1) is 0 Å². The third kappa shape index (κ3) is 6.67. The molecule has 1 N–H and O–H groups in total. The highest BCUT2D eigenvalue weighted by Gasteiger charge is 2.68. The van der Waals surface area contributed by atoms with E-state index in [1.54, 1.807) is 0 Å². The van der Waals surface area contributed by atoms with E-state index >= 15 is 0 Å². The van der Waals surface area contributed by atoms with Gasteiger partial charge in [0.15, 0.2) is 20.0 Å². The van der Waals surface area contributed by atoms with E-state index < -0.39 is 42.9 Å². The van der Waals surface area contributed by atoms with Crippen molar-refractivity contribution in [2.45, 2.75) is 49.0 Å². The summed E-state index contributed by atoms with van der Waals surface area (Å²) in [5.74, 6) is 1.32. The first-order valence-corrected chi connectivity index (χ1v) is 10.6. The molecule has 19 heteroatoms. The zero-order chi connectivity index (χ0) is 25.1. The van der Waals surface area contributed by atoms with E-state index in [0.29, 0.717) is 4.13 Å². The SMILES string of the molecule is CCCCc1[nH]cc[n+]1C.O=S(=O)([N-]S(=O)(=O)C(F)(F)C(F)(F)F)C(F)(F)C(F)(F)F. The van der Waals surface area contributed by atoms with Gasteiger partial charge in [0.2, 0.25) is 0 Å². The number of nitrogens with zero attached hydrogens (tertiary/aromatic N) is 2. The first-order valence-electron chi connectivity index (χ1n) is 7.69. The number of unbranched alkanes of at least 4 members (excludes halogenated alkanes) is 1. The van der Waals surface area contributed by atoms with Crippen LogP contribution in [0, 0.1) is 0 Å². The van der Waals surface area contributed by atoms with E-state index in [9.17, 15) is 60.7 Å². The lowest BCUT2D eigenvalue weighted by Gasteiger charge is -2.31. The number of H-pyrrole nitrogens is 1. The van der Waals surface area contributed by atoms with E-state index in [-0.39, 0.29) is 0 Å². The van der Waals surface area contributed by atoms with E-state index in [1.165, 1.54) is 25.1 Å². The Morgan fingerprint density at radius 3 is 1.52 bits per heavy atom. The van der Waals surface area contributed by atoms with Crippen molar-refractivity contribution in [3.05, 3.63) is 22.3 Å². The van der Waals surface area contributed by atoms with Crippen LogP contribution in [0.25, 0.3) is 4.13 Å². The van der Waals surface area contributed by atoms with Gasteiger partial charge in [-0.3, -0.25) is 0 Å². The molecule has 0 fully saturated rings. The van der Waals surface area contributed by atoms with Crippen molar-refractivity contribution in [3.8, 4) is 0 Å². The molecule has 0 unspecified atom stereocenters. The van der Waals surface area contributed by atoms with Crippen LogP contribution in [0.5, 0.6) is 0 Å². The van der Waals surface area contributed by atoms with Gasteiger partial charge in [0.25, 0.3) is 5.82 Å². The number of halogens is 10. The Morgan fingerprint density at radius 2 is 1.26 bits per heavy atom. The van der Waals surface area contributed by atoms with Gasteiger partial charge in [-0.25, -0.2) is 26.4 Å². The highest BCUT2D eigenvalue weighted by atomic mass is 32.3. The molecule has 1 aromatic rings. The number of nitrogens with one attached hydrogen (secondary N) is 1. The van der Waals surface area contributed by atoms with Crippen LogP contribution in [0.15, 0.2) is 12.4 Å². The maximum absolute atomic E-state index is 12.3. The molecule has 7 nitrogen and oxygen atoms in total. The minimum absolute atomic E-state index is 0.422. The number of aryl methyl sites for hydroxylation is 2. The zero-order valence-corrected chi connectivity index (χ0v) is 17.0. The number of imidazole rings is 1. The quantitative estimate of drug-likeness (QED) is 0.440. The van der Waals surface area contributed by atoms with E-state index in [1.807, 2.05) is 12.4 Å². The highest BCUT2D eigenvalue weighted by molar-refractivity contribution is 8.13. The van der Waals surface area contributed by atoms with Gasteiger partial charge in [0.05, 0.1) is 7.05 Å². The first-order chi connectivity index (χ1) is 13.5. The van der Waals surface area contributed by atoms with Gasteiger partial charge < -0.3 is 4.13 Å². The molecular weight excluding hydrogens is 504 g/mol. The number of alkyl halides is 10. The highest BCUT2D eigenvalue weighted by Crippen LogP contribution is 2.47. The first kappa shape index (κ1) is 29.4. The number of hydrogen-bond donors (Lipinski definition) is 1. The van der Waals surface area contributed by atoms with Crippen LogP contribution < -0.4 is 4.57 Å². The van der Waals surface area contributed by atoms with Gasteiger partial charge in [0, 0.05) is 6.42 Å². The predicted molar refractivity (Wildman–Crippen MR) is 83.8 cm³/mol. The average Bonchev–Trinajstić information content (AvgIpc) is 2.95. The molecule has 1 rings (SSSR count). The van der Waals surface area contributed by atoms with Gasteiger partial charge in [0.1, 0.15) is 12.4 Å². The molecule has 0 saturated heterocycles. The Labute approximate surface area is 169 Å². The summed E-state index contributed by atoms with van der Waals surface area (Å²) < 4.78 is 163. The summed E-state index contributed by atoms with van der Waals surface area (Å²) in [4.78, 5) is 3.20. The second-order valence-electron chi connectivity index (χ2n) is 5.67. The number of aromatic nitrogens is 2. The molecule has 0 aliphatic rings. The summed E-state index contributed by atoms with van der Waals surface area (Å²) in [5.41, 5.74) is 0. The van der Waals surface area contributed by atoms with Crippen LogP contribution in [-0.4, -0.2) is 44.7 Å². The smallest absolute Gasteiger partial charge is 0.425 e. The van der Waals surface area contributed by atoms with Crippen molar-refractivity contribution in [1.82, 2.24) is 4.98 Å². The van der Waals surface area contributed by atoms with Crippen molar-refractivity contribution in [3.63, 3.8) is 0 Å². The average molecular weight is 519 g/mol. The van der Waals surface area contributed by atoms with Crippen molar-refractivity contribution in [2.24, 2.45) is 7.05 Å². The fraction of sp³-hybridized carbons (Fsp3) is 0.750. The second-order valence-corrected chi connectivity index (χ2v) is 9.20. The Morgan fingerprint density at radius 1 is 0.871 bits per heavy atom. The molecule has 0 aliphatic carbocycles. The van der Waals surface area contributed by atoms with Crippen molar-refractivity contribution in [1.29, 1.82) is 0 Å². The summed E-state index contributed by atoms with van der Waals surface area (Å²) in [7, 11) is -13.2. The Balaban J connectivity index is 0.000000743. The molecular formula is C12H15F10N3O4S2. The standard InChI is InChI=1S/C8H14N2.C4F10NO4S2/c1-3-4-5-8-9-6-7-10(8)2;5-1(6,7)3(11,12)20(16,17)15-21(18,19)4(13,14)2(8,9)10/h6-7H,3-5H2,1-2H3;/q;-1/p+1. The number of rotatable bonds is 7. The molecule has 0 amide bonds. The lowest BCUT2D eigenvalue weighted by molar-refractivity contribution is -0.677. The van der Waals surface area contributed by atoms with Crippen LogP contribution in [0.4, 0.5) is 43.9 Å². The molecule has 31 heavy (non-hydrogen) atoms. The van der Waals surface area contributed by atoms with Crippen molar-refractivity contribution < 1.29 is 65.3 Å². The third-order valence-electron chi connectivity index (χ3n) is 3.25. The van der Waals surface area contributed by atoms with E-state index in [0.717, 1.165) is 0 Å². The fourth-order valence-corrected chi connectivity index (χ4v) is 3.91. The summed E-state index contributed by atoms with van der Waals surface area (Å²) in [6.45, 7) is 2.21. The third-order valence-corrected chi connectivity index (χ3v) is 6.57. The van der Waals surface area contributed by atoms with Gasteiger partial charge in [-0.1, -0.05) is 13.3 Å². The summed E-state index contributed by atoms with van der Waals surface area (Å²) in [6, 6.07) is 0. The van der Waals surface area contributed by atoms with Crippen LogP contribution in [0.3, 0.4) is 0 Å². The summed E-state index contributed by atoms with van der Waals surface area (Å²) >= 11 is 0. The Kier molecular flexibility index (Phi) is 8.97. The number of sulfonamides is 2. The van der Waals surface area contributed by atoms with Crippen LogP contribution in [0.1, 0.15) is 25.6 Å². The molecule has 0 spiro atoms. The fourth-order valence-electron chi connectivity index (χ4n) is 1.55. The van der Waals surface area contributed by atoms with Gasteiger partial charge >= 0.3 is 22.9 Å². The predicted octanol–water partition coefficient (Wildman–Crippen LogP) is 3.51. The Bertz CT molecular complexity index is 883. The number of aromatic amines is 1. The summed E-state index contributed by atoms with van der Waals surface area (Å²) in [5, 5.41) is -14.0. The molecule has 0 atom stereocenters. The van der Waals surface area contributed by atoms with Gasteiger partial charge in [-0.2, -0.15) is 43.9 Å². The van der Waals surface area contributed by atoms with Crippen LogP contribution in [-0.2, 0) is 33.5 Å². The Hall–Kier alpha value is -1.63. The molecule has 0 aliphatic heterocycles. The molecule has 0 radical (unpaired) electrons. The molecule has 0 bridgehead atoms.